The van der Waals surface area contributed by atoms with Crippen LogP contribution in [0.2, 0.25) is 5.02 Å². The largest absolute Gasteiger partial charge is 0.467 e. The first-order valence-electron chi connectivity index (χ1n) is 7.69. The predicted octanol–water partition coefficient (Wildman–Crippen LogP) is 2.35. The number of rotatable bonds is 4. The summed E-state index contributed by atoms with van der Waals surface area (Å²) >= 11 is 5.91. The molecule has 122 valence electrons. The zero-order valence-corrected chi connectivity index (χ0v) is 13.6. The standard InChI is InChI=1S/C17H20ClN3O2/c18-15-3-1-13(2-4-15)11-20-5-7-21(8-6-20)17(22)14-9-16(10-19)23-12-14/h1-4,9,12H,5-8,10-11,19H2. The minimum atomic E-state index is 0.0135. The van der Waals surface area contributed by atoms with E-state index >= 15 is 0 Å². The van der Waals surface area contributed by atoms with Crippen molar-refractivity contribution in [3.05, 3.63) is 58.5 Å². The van der Waals surface area contributed by atoms with Crippen molar-refractivity contribution in [3.8, 4) is 0 Å². The molecule has 1 aliphatic heterocycles. The Hall–Kier alpha value is -1.82. The molecule has 1 aliphatic rings. The number of hydrogen-bond donors (Lipinski definition) is 1. The molecule has 0 aliphatic carbocycles. The molecule has 3 rings (SSSR count). The van der Waals surface area contributed by atoms with Crippen LogP contribution in [0.4, 0.5) is 0 Å². The maximum atomic E-state index is 12.4. The van der Waals surface area contributed by atoms with E-state index in [1.807, 2.05) is 29.2 Å². The third kappa shape index (κ3) is 3.93. The first-order valence-corrected chi connectivity index (χ1v) is 8.07. The van der Waals surface area contributed by atoms with Crippen molar-refractivity contribution in [1.82, 2.24) is 9.80 Å². The van der Waals surface area contributed by atoms with Gasteiger partial charge in [-0.3, -0.25) is 9.69 Å². The molecule has 5 nitrogen and oxygen atoms in total. The summed E-state index contributed by atoms with van der Waals surface area (Å²) in [6.07, 6.45) is 1.49. The second kappa shape index (κ2) is 7.17. The van der Waals surface area contributed by atoms with E-state index in [9.17, 15) is 4.79 Å². The van der Waals surface area contributed by atoms with Gasteiger partial charge >= 0.3 is 0 Å². The van der Waals surface area contributed by atoms with Crippen molar-refractivity contribution in [3.63, 3.8) is 0 Å². The fourth-order valence-corrected chi connectivity index (χ4v) is 2.87. The SMILES string of the molecule is NCc1cc(C(=O)N2CCN(Cc3ccc(Cl)cc3)CC2)co1. The lowest BCUT2D eigenvalue weighted by molar-refractivity contribution is 0.0628. The first-order chi connectivity index (χ1) is 11.2. The summed E-state index contributed by atoms with van der Waals surface area (Å²) in [5.74, 6) is 0.648. The molecule has 1 fully saturated rings. The van der Waals surface area contributed by atoms with Crippen LogP contribution in [0.5, 0.6) is 0 Å². The van der Waals surface area contributed by atoms with E-state index < -0.39 is 0 Å². The van der Waals surface area contributed by atoms with E-state index in [2.05, 4.69) is 4.90 Å². The summed E-state index contributed by atoms with van der Waals surface area (Å²) < 4.78 is 5.24. The van der Waals surface area contributed by atoms with E-state index in [0.29, 0.717) is 17.9 Å². The highest BCUT2D eigenvalue weighted by Gasteiger charge is 2.23. The van der Waals surface area contributed by atoms with Crippen LogP contribution < -0.4 is 5.73 Å². The van der Waals surface area contributed by atoms with Gasteiger partial charge in [0.05, 0.1) is 12.1 Å². The summed E-state index contributed by atoms with van der Waals surface area (Å²) in [6, 6.07) is 9.62. The summed E-state index contributed by atoms with van der Waals surface area (Å²) in [7, 11) is 0. The molecule has 1 aromatic carbocycles. The van der Waals surface area contributed by atoms with E-state index in [-0.39, 0.29) is 5.91 Å². The highest BCUT2D eigenvalue weighted by atomic mass is 35.5. The van der Waals surface area contributed by atoms with Gasteiger partial charge in [-0.15, -0.1) is 0 Å². The summed E-state index contributed by atoms with van der Waals surface area (Å²) in [6.45, 7) is 4.33. The number of benzene rings is 1. The van der Waals surface area contributed by atoms with Gasteiger partial charge in [0, 0.05) is 37.7 Å². The number of carbonyl (C=O) groups is 1. The smallest absolute Gasteiger partial charge is 0.257 e. The molecular weight excluding hydrogens is 314 g/mol. The normalized spacial score (nSPS) is 15.8. The minimum absolute atomic E-state index is 0.0135. The zero-order valence-electron chi connectivity index (χ0n) is 12.9. The molecule has 0 saturated carbocycles. The van der Waals surface area contributed by atoms with Gasteiger partial charge in [-0.25, -0.2) is 0 Å². The number of amides is 1. The minimum Gasteiger partial charge on any atom is -0.467 e. The number of carbonyl (C=O) groups excluding carboxylic acids is 1. The van der Waals surface area contributed by atoms with Crippen molar-refractivity contribution in [2.24, 2.45) is 5.73 Å². The molecule has 1 aromatic heterocycles. The van der Waals surface area contributed by atoms with E-state index in [1.54, 1.807) is 6.07 Å². The molecule has 2 heterocycles. The number of piperazine rings is 1. The van der Waals surface area contributed by atoms with Crippen LogP contribution in [0.25, 0.3) is 0 Å². The van der Waals surface area contributed by atoms with Crippen molar-refractivity contribution < 1.29 is 9.21 Å². The zero-order chi connectivity index (χ0) is 16.2. The third-order valence-corrected chi connectivity index (χ3v) is 4.33. The van der Waals surface area contributed by atoms with E-state index in [1.165, 1.54) is 11.8 Å². The Morgan fingerprint density at radius 3 is 2.48 bits per heavy atom. The second-order valence-electron chi connectivity index (χ2n) is 5.70. The molecule has 0 spiro atoms. The molecule has 0 unspecified atom stereocenters. The number of hydrogen-bond acceptors (Lipinski definition) is 4. The van der Waals surface area contributed by atoms with Crippen molar-refractivity contribution in [2.75, 3.05) is 26.2 Å². The number of halogens is 1. The van der Waals surface area contributed by atoms with Crippen LogP contribution in [-0.2, 0) is 13.1 Å². The Labute approximate surface area is 140 Å². The van der Waals surface area contributed by atoms with Crippen molar-refractivity contribution in [2.45, 2.75) is 13.1 Å². The van der Waals surface area contributed by atoms with Crippen LogP contribution in [0.1, 0.15) is 21.7 Å². The molecule has 2 aromatic rings. The lowest BCUT2D eigenvalue weighted by Gasteiger charge is -2.34. The Kier molecular flexibility index (Phi) is 5.00. The molecule has 2 N–H and O–H groups in total. The Bertz CT molecular complexity index is 661. The Morgan fingerprint density at radius 2 is 1.87 bits per heavy atom. The van der Waals surface area contributed by atoms with Gasteiger partial charge in [-0.1, -0.05) is 23.7 Å². The van der Waals surface area contributed by atoms with Crippen LogP contribution in [0.15, 0.2) is 41.0 Å². The molecule has 23 heavy (non-hydrogen) atoms. The van der Waals surface area contributed by atoms with Gasteiger partial charge in [0.1, 0.15) is 12.0 Å². The van der Waals surface area contributed by atoms with Gasteiger partial charge < -0.3 is 15.1 Å². The highest BCUT2D eigenvalue weighted by Crippen LogP contribution is 2.15. The summed E-state index contributed by atoms with van der Waals surface area (Å²) in [5, 5.41) is 0.751. The molecular formula is C17H20ClN3O2. The van der Waals surface area contributed by atoms with E-state index in [4.69, 9.17) is 21.8 Å². The van der Waals surface area contributed by atoms with E-state index in [0.717, 1.165) is 37.7 Å². The van der Waals surface area contributed by atoms with Gasteiger partial charge in [0.15, 0.2) is 0 Å². The summed E-state index contributed by atoms with van der Waals surface area (Å²) in [5.41, 5.74) is 7.32. The number of nitrogens with zero attached hydrogens (tertiary/aromatic N) is 2. The Balaban J connectivity index is 1.53. The molecule has 1 saturated heterocycles. The first kappa shape index (κ1) is 16.1. The topological polar surface area (TPSA) is 62.7 Å². The van der Waals surface area contributed by atoms with Crippen LogP contribution in [-0.4, -0.2) is 41.9 Å². The maximum absolute atomic E-state index is 12.4. The molecule has 0 radical (unpaired) electrons. The lowest BCUT2D eigenvalue weighted by atomic mass is 10.2. The summed E-state index contributed by atoms with van der Waals surface area (Å²) in [4.78, 5) is 16.6. The van der Waals surface area contributed by atoms with Gasteiger partial charge in [0.2, 0.25) is 0 Å². The molecule has 0 atom stereocenters. The van der Waals surface area contributed by atoms with Gasteiger partial charge in [-0.05, 0) is 23.8 Å². The predicted molar refractivity (Wildman–Crippen MR) is 89.2 cm³/mol. The van der Waals surface area contributed by atoms with Crippen molar-refractivity contribution >= 4 is 17.5 Å². The van der Waals surface area contributed by atoms with Crippen LogP contribution >= 0.6 is 11.6 Å². The maximum Gasteiger partial charge on any atom is 0.257 e. The van der Waals surface area contributed by atoms with Crippen molar-refractivity contribution in [1.29, 1.82) is 0 Å². The Morgan fingerprint density at radius 1 is 1.17 bits per heavy atom. The molecule has 1 amide bonds. The number of furan rings is 1. The monoisotopic (exact) mass is 333 g/mol. The molecule has 0 bridgehead atoms. The quantitative estimate of drug-likeness (QED) is 0.933. The third-order valence-electron chi connectivity index (χ3n) is 4.08. The fourth-order valence-electron chi connectivity index (χ4n) is 2.74. The lowest BCUT2D eigenvalue weighted by Crippen LogP contribution is -2.48. The van der Waals surface area contributed by atoms with Gasteiger partial charge in [-0.2, -0.15) is 0 Å². The van der Waals surface area contributed by atoms with Crippen LogP contribution in [0, 0.1) is 0 Å². The van der Waals surface area contributed by atoms with Gasteiger partial charge in [0.25, 0.3) is 5.91 Å². The highest BCUT2D eigenvalue weighted by molar-refractivity contribution is 6.30. The second-order valence-corrected chi connectivity index (χ2v) is 6.14. The average molecular weight is 334 g/mol. The van der Waals surface area contributed by atoms with Crippen LogP contribution in [0.3, 0.4) is 0 Å². The molecule has 6 heteroatoms. The fraction of sp³-hybridized carbons (Fsp3) is 0.353. The average Bonchev–Trinajstić information content (AvgIpc) is 3.06. The number of nitrogens with two attached hydrogens (primary N) is 1.